The van der Waals surface area contributed by atoms with Crippen molar-refractivity contribution in [3.8, 4) is 16.9 Å². The van der Waals surface area contributed by atoms with Crippen LogP contribution in [0.5, 0.6) is 5.75 Å². The van der Waals surface area contributed by atoms with Crippen molar-refractivity contribution in [2.24, 2.45) is 0 Å². The molecule has 6 nitrogen and oxygen atoms in total. The number of benzene rings is 3. The number of nitrogens with zero attached hydrogens (tertiary/aromatic N) is 1. The SMILES string of the molecule is COc1ccc2c(c1)c1c3c(c(-c4c(Cl)cccc4Cl)cc1n2CCO)C(=O)NC3=O. The van der Waals surface area contributed by atoms with Crippen molar-refractivity contribution in [3.05, 3.63) is 63.6 Å². The summed E-state index contributed by atoms with van der Waals surface area (Å²) in [5, 5.41) is 14.2. The van der Waals surface area contributed by atoms with E-state index in [4.69, 9.17) is 27.9 Å². The highest BCUT2D eigenvalue weighted by atomic mass is 35.5. The Morgan fingerprint density at radius 2 is 1.68 bits per heavy atom. The lowest BCUT2D eigenvalue weighted by Crippen LogP contribution is -2.20. The number of aliphatic hydroxyl groups is 1. The monoisotopic (exact) mass is 454 g/mol. The topological polar surface area (TPSA) is 80.6 Å². The van der Waals surface area contributed by atoms with Gasteiger partial charge in [-0.1, -0.05) is 29.3 Å². The molecule has 1 aliphatic rings. The number of amides is 2. The Hall–Kier alpha value is -3.06. The summed E-state index contributed by atoms with van der Waals surface area (Å²) in [6.45, 7) is 0.200. The maximum Gasteiger partial charge on any atom is 0.259 e. The van der Waals surface area contributed by atoms with Gasteiger partial charge in [0.15, 0.2) is 0 Å². The van der Waals surface area contributed by atoms with Crippen LogP contribution in [0.3, 0.4) is 0 Å². The molecule has 5 rings (SSSR count). The summed E-state index contributed by atoms with van der Waals surface area (Å²) in [6, 6.07) is 12.4. The second-order valence-electron chi connectivity index (χ2n) is 7.21. The highest BCUT2D eigenvalue weighted by Gasteiger charge is 2.35. The number of methoxy groups -OCH3 is 1. The summed E-state index contributed by atoms with van der Waals surface area (Å²) < 4.78 is 7.28. The molecule has 0 aliphatic carbocycles. The zero-order valence-corrected chi connectivity index (χ0v) is 17.8. The Bertz CT molecular complexity index is 1400. The van der Waals surface area contributed by atoms with Gasteiger partial charge < -0.3 is 14.4 Å². The first-order valence-electron chi connectivity index (χ1n) is 9.54. The number of halogens is 2. The number of aromatic nitrogens is 1. The van der Waals surface area contributed by atoms with Crippen LogP contribution >= 0.6 is 23.2 Å². The van der Waals surface area contributed by atoms with Crippen molar-refractivity contribution < 1.29 is 19.4 Å². The fourth-order valence-electron chi connectivity index (χ4n) is 4.35. The van der Waals surface area contributed by atoms with Gasteiger partial charge in [0.1, 0.15) is 5.75 Å². The fraction of sp³-hybridized carbons (Fsp3) is 0.130. The molecular weight excluding hydrogens is 439 g/mol. The molecule has 0 bridgehead atoms. The van der Waals surface area contributed by atoms with E-state index >= 15 is 0 Å². The standard InChI is InChI=1S/C23H16Cl2N2O4/c1-31-11-5-6-16-12(9-11)19-17(27(16)7-8-28)10-13(18-14(24)3-2-4-15(18)25)20-21(19)23(30)26-22(20)29/h2-6,9-10,28H,7-8H2,1H3,(H,26,29,30). The number of aliphatic hydroxyl groups excluding tert-OH is 1. The number of rotatable bonds is 4. The summed E-state index contributed by atoms with van der Waals surface area (Å²) in [4.78, 5) is 25.8. The fourth-order valence-corrected chi connectivity index (χ4v) is 4.95. The molecule has 0 atom stereocenters. The third kappa shape index (κ3) is 2.83. The Morgan fingerprint density at radius 3 is 2.35 bits per heavy atom. The van der Waals surface area contributed by atoms with Gasteiger partial charge in [0, 0.05) is 44.0 Å². The number of carbonyl (C=O) groups excluding carboxylic acids is 2. The summed E-state index contributed by atoms with van der Waals surface area (Å²) in [6.07, 6.45) is 0. The zero-order chi connectivity index (χ0) is 21.9. The van der Waals surface area contributed by atoms with E-state index in [9.17, 15) is 14.7 Å². The van der Waals surface area contributed by atoms with Crippen molar-refractivity contribution in [2.45, 2.75) is 6.54 Å². The number of imide groups is 1. The molecule has 2 heterocycles. The maximum absolute atomic E-state index is 12.9. The van der Waals surface area contributed by atoms with E-state index < -0.39 is 11.8 Å². The number of ether oxygens (including phenoxy) is 1. The molecule has 1 aliphatic heterocycles. The van der Waals surface area contributed by atoms with E-state index in [0.717, 1.165) is 10.9 Å². The second-order valence-corrected chi connectivity index (χ2v) is 8.02. The minimum atomic E-state index is -0.501. The van der Waals surface area contributed by atoms with Gasteiger partial charge in [-0.3, -0.25) is 14.9 Å². The van der Waals surface area contributed by atoms with Crippen LogP contribution in [0.1, 0.15) is 20.7 Å². The second kappa shape index (κ2) is 7.27. The van der Waals surface area contributed by atoms with Crippen LogP contribution in [0.2, 0.25) is 10.0 Å². The van der Waals surface area contributed by atoms with Gasteiger partial charge in [-0.15, -0.1) is 0 Å². The molecule has 0 radical (unpaired) electrons. The van der Waals surface area contributed by atoms with Gasteiger partial charge in [0.25, 0.3) is 11.8 Å². The predicted octanol–water partition coefficient (Wildman–Crippen LogP) is 4.65. The van der Waals surface area contributed by atoms with Gasteiger partial charge in [-0.05, 0) is 36.4 Å². The lowest BCUT2D eigenvalue weighted by Gasteiger charge is -2.13. The third-order valence-electron chi connectivity index (χ3n) is 5.60. The van der Waals surface area contributed by atoms with Gasteiger partial charge >= 0.3 is 0 Å². The molecule has 156 valence electrons. The highest BCUT2D eigenvalue weighted by Crippen LogP contribution is 2.44. The van der Waals surface area contributed by atoms with Crippen molar-refractivity contribution in [3.63, 3.8) is 0 Å². The smallest absolute Gasteiger partial charge is 0.259 e. The molecule has 2 amide bonds. The maximum atomic E-state index is 12.9. The van der Waals surface area contributed by atoms with E-state index in [1.54, 1.807) is 25.3 Å². The molecule has 0 saturated carbocycles. The largest absolute Gasteiger partial charge is 0.497 e. The molecule has 2 N–H and O–H groups in total. The molecule has 8 heteroatoms. The molecule has 31 heavy (non-hydrogen) atoms. The van der Waals surface area contributed by atoms with Gasteiger partial charge in [-0.25, -0.2) is 0 Å². The van der Waals surface area contributed by atoms with E-state index in [-0.39, 0.29) is 17.7 Å². The molecule has 4 aromatic rings. The van der Waals surface area contributed by atoms with E-state index in [1.807, 2.05) is 28.8 Å². The molecule has 0 saturated heterocycles. The summed E-state index contributed by atoms with van der Waals surface area (Å²) >= 11 is 12.9. The van der Waals surface area contributed by atoms with Gasteiger partial charge in [0.05, 0.1) is 30.4 Å². The van der Waals surface area contributed by atoms with Crippen LogP contribution in [0.25, 0.3) is 32.9 Å². The number of hydrogen-bond donors (Lipinski definition) is 2. The molecular formula is C23H16Cl2N2O4. The first-order valence-corrected chi connectivity index (χ1v) is 10.3. The van der Waals surface area contributed by atoms with Crippen LogP contribution in [-0.4, -0.2) is 35.2 Å². The molecule has 3 aromatic carbocycles. The average Bonchev–Trinajstić information content (AvgIpc) is 3.21. The Kier molecular flexibility index (Phi) is 4.66. The summed E-state index contributed by atoms with van der Waals surface area (Å²) in [5.74, 6) is -0.369. The first-order chi connectivity index (χ1) is 15.0. The van der Waals surface area contributed by atoms with Gasteiger partial charge in [-0.2, -0.15) is 0 Å². The van der Waals surface area contributed by atoms with Crippen LogP contribution in [0, 0.1) is 0 Å². The number of nitrogens with one attached hydrogen (secondary N) is 1. The van der Waals surface area contributed by atoms with Crippen molar-refractivity contribution >= 4 is 56.8 Å². The third-order valence-corrected chi connectivity index (χ3v) is 6.23. The quantitative estimate of drug-likeness (QED) is 0.439. The lowest BCUT2D eigenvalue weighted by molar-refractivity contribution is 0.0880. The summed E-state index contributed by atoms with van der Waals surface area (Å²) in [7, 11) is 1.56. The van der Waals surface area contributed by atoms with E-state index in [0.29, 0.717) is 44.4 Å². The van der Waals surface area contributed by atoms with Crippen LogP contribution in [-0.2, 0) is 6.54 Å². The average molecular weight is 455 g/mol. The number of hydrogen-bond acceptors (Lipinski definition) is 4. The Labute approximate surface area is 186 Å². The highest BCUT2D eigenvalue weighted by molar-refractivity contribution is 6.41. The molecule has 1 aromatic heterocycles. The minimum Gasteiger partial charge on any atom is -0.497 e. The van der Waals surface area contributed by atoms with Crippen LogP contribution in [0.15, 0.2) is 42.5 Å². The van der Waals surface area contributed by atoms with Crippen molar-refractivity contribution in [2.75, 3.05) is 13.7 Å². The normalized spacial score (nSPS) is 13.2. The van der Waals surface area contributed by atoms with E-state index in [1.165, 1.54) is 0 Å². The van der Waals surface area contributed by atoms with Crippen molar-refractivity contribution in [1.29, 1.82) is 0 Å². The van der Waals surface area contributed by atoms with Crippen LogP contribution < -0.4 is 10.1 Å². The summed E-state index contributed by atoms with van der Waals surface area (Å²) in [5.41, 5.74) is 2.94. The molecule has 0 fully saturated rings. The Balaban J connectivity index is 2.02. The minimum absolute atomic E-state index is 0.102. The molecule has 0 spiro atoms. The van der Waals surface area contributed by atoms with Crippen molar-refractivity contribution in [1.82, 2.24) is 9.88 Å². The number of carbonyl (C=O) groups is 2. The lowest BCUT2D eigenvalue weighted by atomic mass is 9.92. The number of fused-ring (bicyclic) bond motifs is 5. The zero-order valence-electron chi connectivity index (χ0n) is 16.3. The Morgan fingerprint density at radius 1 is 0.968 bits per heavy atom. The predicted molar refractivity (Wildman–Crippen MR) is 120 cm³/mol. The first kappa shape index (κ1) is 19.9. The van der Waals surface area contributed by atoms with Gasteiger partial charge in [0.2, 0.25) is 0 Å². The van der Waals surface area contributed by atoms with E-state index in [2.05, 4.69) is 5.32 Å². The van der Waals surface area contributed by atoms with Crippen LogP contribution in [0.4, 0.5) is 0 Å². The molecule has 0 unspecified atom stereocenters.